The van der Waals surface area contributed by atoms with Crippen LogP contribution in [0.1, 0.15) is 80.7 Å². The molecule has 52 heavy (non-hydrogen) atoms. The number of carbonyl (C=O) groups is 4. The van der Waals surface area contributed by atoms with Gasteiger partial charge < -0.3 is 28.8 Å². The normalized spacial score (nSPS) is 37.5. The highest BCUT2D eigenvalue weighted by Crippen LogP contribution is 2.72. The van der Waals surface area contributed by atoms with Crippen molar-refractivity contribution in [1.29, 1.82) is 0 Å². The van der Waals surface area contributed by atoms with Crippen LogP contribution in [0.3, 0.4) is 0 Å². The van der Waals surface area contributed by atoms with Crippen molar-refractivity contribution in [1.82, 2.24) is 0 Å². The second-order valence-corrected chi connectivity index (χ2v) is 16.4. The summed E-state index contributed by atoms with van der Waals surface area (Å²) in [5.74, 6) is -3.83. The van der Waals surface area contributed by atoms with E-state index in [0.29, 0.717) is 18.4 Å². The fourth-order valence-corrected chi connectivity index (χ4v) is 11.4. The summed E-state index contributed by atoms with van der Waals surface area (Å²) < 4.78 is 30.9. The summed E-state index contributed by atoms with van der Waals surface area (Å²) in [5, 5.41) is 13.1. The third kappa shape index (κ3) is 6.55. The standard InChI is InChI=1S/C41H54O10S/c1-23(30-14-11-12-15-31(30)52-10)21-41(46)24(2)20-34(49-27(5)43)39(9)33(41)17-18-38(8)32-16-13-19-47-22-40(32,25(3)48-26(4)42)37(51-29(7)45)35(36(38)39)50-28(6)44/h11-16,20-21,25,32-37,46H,17-19,22H2,1-10H3/b23-21-/t25?,32?,33?,34-,35?,36?,37+,38+,39-,40-,41+/m1/s1. The largest absolute Gasteiger partial charge is 0.462 e. The van der Waals surface area contributed by atoms with Gasteiger partial charge in [-0.1, -0.05) is 44.2 Å². The maximum absolute atomic E-state index is 13.2. The van der Waals surface area contributed by atoms with Crippen LogP contribution in [0.15, 0.2) is 59.0 Å². The molecule has 1 aromatic rings. The van der Waals surface area contributed by atoms with Crippen LogP contribution in [0.2, 0.25) is 0 Å². The Labute approximate surface area is 311 Å². The van der Waals surface area contributed by atoms with E-state index in [4.69, 9.17) is 23.7 Å². The molecule has 0 spiro atoms. The summed E-state index contributed by atoms with van der Waals surface area (Å²) in [6, 6.07) is 8.04. The van der Waals surface area contributed by atoms with E-state index in [1.807, 2.05) is 69.5 Å². The number of ether oxygens (including phenoxy) is 5. The van der Waals surface area contributed by atoms with E-state index in [0.717, 1.165) is 16.0 Å². The first-order chi connectivity index (χ1) is 24.4. The highest BCUT2D eigenvalue weighted by Gasteiger charge is 2.76. The van der Waals surface area contributed by atoms with Gasteiger partial charge in [-0.25, -0.2) is 0 Å². The van der Waals surface area contributed by atoms with E-state index in [9.17, 15) is 24.3 Å². The van der Waals surface area contributed by atoms with Crippen LogP contribution < -0.4 is 0 Å². The number of hydrogen-bond donors (Lipinski definition) is 1. The molecule has 1 aliphatic heterocycles. The minimum atomic E-state index is -1.50. The van der Waals surface area contributed by atoms with Crippen molar-refractivity contribution >= 4 is 41.2 Å². The van der Waals surface area contributed by atoms with Crippen molar-refractivity contribution < 1.29 is 48.0 Å². The smallest absolute Gasteiger partial charge is 0.303 e. The Bertz CT molecular complexity index is 1680. The van der Waals surface area contributed by atoms with Crippen LogP contribution in [0.5, 0.6) is 0 Å². The Balaban J connectivity index is 1.83. The van der Waals surface area contributed by atoms with Crippen molar-refractivity contribution in [2.75, 3.05) is 19.5 Å². The number of hydrogen-bond acceptors (Lipinski definition) is 11. The minimum Gasteiger partial charge on any atom is -0.462 e. The second-order valence-electron chi connectivity index (χ2n) is 15.6. The van der Waals surface area contributed by atoms with Gasteiger partial charge in [-0.15, -0.1) is 11.8 Å². The number of allylic oxidation sites excluding steroid dienone is 2. The zero-order chi connectivity index (χ0) is 38.4. The first-order valence-corrected chi connectivity index (χ1v) is 19.3. The number of benzene rings is 1. The molecular formula is C41H54O10S. The highest BCUT2D eigenvalue weighted by molar-refractivity contribution is 7.98. The minimum absolute atomic E-state index is 0.0460. The lowest BCUT2D eigenvalue weighted by Crippen LogP contribution is -2.76. The lowest BCUT2D eigenvalue weighted by Gasteiger charge is -2.70. The van der Waals surface area contributed by atoms with E-state index in [-0.39, 0.29) is 13.2 Å². The fourth-order valence-electron chi connectivity index (χ4n) is 10.7. The van der Waals surface area contributed by atoms with Crippen LogP contribution in [-0.4, -0.2) is 78.5 Å². The summed E-state index contributed by atoms with van der Waals surface area (Å²) >= 11 is 1.63. The van der Waals surface area contributed by atoms with Gasteiger partial charge >= 0.3 is 23.9 Å². The molecule has 0 bridgehead atoms. The third-order valence-corrected chi connectivity index (χ3v) is 13.4. The molecule has 284 valence electrons. The van der Waals surface area contributed by atoms with Crippen molar-refractivity contribution in [2.24, 2.45) is 34.0 Å². The van der Waals surface area contributed by atoms with Gasteiger partial charge in [0.1, 0.15) is 23.9 Å². The zero-order valence-corrected chi connectivity index (χ0v) is 32.8. The van der Waals surface area contributed by atoms with Crippen LogP contribution in [0, 0.1) is 34.0 Å². The van der Waals surface area contributed by atoms with Gasteiger partial charge in [0.15, 0.2) is 6.10 Å². The maximum Gasteiger partial charge on any atom is 0.303 e. The van der Waals surface area contributed by atoms with Crippen molar-refractivity contribution in [3.05, 3.63) is 59.7 Å². The first kappa shape index (κ1) is 39.8. The SMILES string of the molecule is CSc1ccccc1/C(C)=C\[C@]1(O)C(C)=C[C@@H](OC(C)=O)[C@]2(C)C3C(OC(C)=O)[C@H](OC(C)=O)[C@@]4(C(C)OC(C)=O)COCC=CC4[C@]3(C)CCC21. The molecule has 1 heterocycles. The van der Waals surface area contributed by atoms with Gasteiger partial charge in [-0.3, -0.25) is 19.2 Å². The maximum atomic E-state index is 13.2. The topological polar surface area (TPSA) is 135 Å². The van der Waals surface area contributed by atoms with Crippen LogP contribution in [0.25, 0.3) is 5.57 Å². The molecular weight excluding hydrogens is 685 g/mol. The van der Waals surface area contributed by atoms with Crippen molar-refractivity contribution in [3.8, 4) is 0 Å². The van der Waals surface area contributed by atoms with Crippen LogP contribution in [0.4, 0.5) is 0 Å². The van der Waals surface area contributed by atoms with Gasteiger partial charge in [0.25, 0.3) is 0 Å². The van der Waals surface area contributed by atoms with Gasteiger partial charge in [0, 0.05) is 49.8 Å². The molecule has 3 aliphatic carbocycles. The summed E-state index contributed by atoms with van der Waals surface area (Å²) in [4.78, 5) is 52.8. The lowest BCUT2D eigenvalue weighted by atomic mass is 9.36. The molecule has 11 atom stereocenters. The van der Waals surface area contributed by atoms with Crippen molar-refractivity contribution in [2.45, 2.75) is 110 Å². The Kier molecular flexibility index (Phi) is 11.3. The van der Waals surface area contributed by atoms with Crippen LogP contribution >= 0.6 is 11.8 Å². The number of esters is 4. The average Bonchev–Trinajstić information content (AvgIpc) is 3.29. The fraction of sp³-hybridized carbons (Fsp3) is 0.610. The molecule has 0 aromatic heterocycles. The summed E-state index contributed by atoms with van der Waals surface area (Å²) in [7, 11) is 0. The Hall–Kier alpha value is -3.41. The number of aliphatic hydroxyl groups is 1. The Morgan fingerprint density at radius 1 is 0.981 bits per heavy atom. The number of carbonyl (C=O) groups excluding carboxylic acids is 4. The van der Waals surface area contributed by atoms with E-state index < -0.39 is 87.9 Å². The molecule has 5 rings (SSSR count). The zero-order valence-electron chi connectivity index (χ0n) is 32.0. The number of rotatable bonds is 8. The third-order valence-electron chi connectivity index (χ3n) is 12.6. The number of fused-ring (bicyclic) bond motifs is 5. The monoisotopic (exact) mass is 738 g/mol. The quantitative estimate of drug-likeness (QED) is 0.136. The van der Waals surface area contributed by atoms with Gasteiger partial charge in [0.2, 0.25) is 0 Å². The van der Waals surface area contributed by atoms with Gasteiger partial charge in [0.05, 0.1) is 18.6 Å². The first-order valence-electron chi connectivity index (χ1n) is 18.0. The Morgan fingerprint density at radius 3 is 2.25 bits per heavy atom. The molecule has 2 saturated carbocycles. The van der Waals surface area contributed by atoms with E-state index in [1.54, 1.807) is 18.7 Å². The molecule has 1 aromatic carbocycles. The van der Waals surface area contributed by atoms with Gasteiger partial charge in [-0.2, -0.15) is 0 Å². The predicted octanol–water partition coefficient (Wildman–Crippen LogP) is 6.49. The molecule has 0 saturated heterocycles. The lowest BCUT2D eigenvalue weighted by molar-refractivity contribution is -0.301. The predicted molar refractivity (Wildman–Crippen MR) is 197 cm³/mol. The Morgan fingerprint density at radius 2 is 1.63 bits per heavy atom. The van der Waals surface area contributed by atoms with E-state index >= 15 is 0 Å². The molecule has 11 heteroatoms. The molecule has 4 aliphatic rings. The van der Waals surface area contributed by atoms with Crippen molar-refractivity contribution in [3.63, 3.8) is 0 Å². The molecule has 0 radical (unpaired) electrons. The van der Waals surface area contributed by atoms with Gasteiger partial charge in [-0.05, 0) is 86.1 Å². The highest BCUT2D eigenvalue weighted by atomic mass is 32.2. The molecule has 1 N–H and O–H groups in total. The molecule has 10 nitrogen and oxygen atoms in total. The summed E-state index contributed by atoms with van der Waals surface area (Å²) in [6.07, 6.45) is 6.88. The van der Waals surface area contributed by atoms with Crippen LogP contribution in [-0.2, 0) is 42.9 Å². The van der Waals surface area contributed by atoms with E-state index in [1.165, 1.54) is 27.7 Å². The van der Waals surface area contributed by atoms with E-state index in [2.05, 4.69) is 13.0 Å². The number of thioether (sulfide) groups is 1. The molecule has 2 fully saturated rings. The summed E-state index contributed by atoms with van der Waals surface area (Å²) in [6.45, 7) is 15.3. The molecule has 0 amide bonds. The second kappa shape index (κ2) is 14.8. The summed E-state index contributed by atoms with van der Waals surface area (Å²) in [5.41, 5.74) is -1.98. The molecule has 5 unspecified atom stereocenters. The average molecular weight is 739 g/mol.